The van der Waals surface area contributed by atoms with Gasteiger partial charge >= 0.3 is 0 Å². The molecule has 1 aliphatic heterocycles. The number of sulfonamides is 1. The lowest BCUT2D eigenvalue weighted by Gasteiger charge is -2.34. The molecule has 11 heteroatoms. The van der Waals surface area contributed by atoms with Gasteiger partial charge in [-0.15, -0.1) is 0 Å². The van der Waals surface area contributed by atoms with Crippen LogP contribution in [0.4, 0.5) is 5.69 Å². The van der Waals surface area contributed by atoms with Gasteiger partial charge in [0.1, 0.15) is 5.69 Å². The van der Waals surface area contributed by atoms with Gasteiger partial charge in [0.25, 0.3) is 5.91 Å². The minimum Gasteiger partial charge on any atom is -0.396 e. The molecule has 0 unspecified atom stereocenters. The van der Waals surface area contributed by atoms with Crippen molar-refractivity contribution in [3.63, 3.8) is 0 Å². The maximum atomic E-state index is 13.2. The fraction of sp³-hybridized carbons (Fsp3) is 0.519. The number of aliphatic hydroxyl groups is 1. The number of nitrogens with zero attached hydrogens (tertiary/aromatic N) is 4. The van der Waals surface area contributed by atoms with E-state index in [-0.39, 0.29) is 24.5 Å². The van der Waals surface area contributed by atoms with E-state index in [1.807, 2.05) is 30.3 Å². The smallest absolute Gasteiger partial charge is 0.283 e. The molecule has 0 spiro atoms. The van der Waals surface area contributed by atoms with Gasteiger partial charge in [0, 0.05) is 39.3 Å². The van der Waals surface area contributed by atoms with Crippen LogP contribution >= 0.6 is 0 Å². The van der Waals surface area contributed by atoms with Gasteiger partial charge in [-0.3, -0.25) is 4.79 Å². The molecule has 0 atom stereocenters. The lowest BCUT2D eigenvalue weighted by Crippen LogP contribution is -2.36. The van der Waals surface area contributed by atoms with E-state index < -0.39 is 15.9 Å². The first-order chi connectivity index (χ1) is 18.4. The number of aromatic nitrogens is 3. The van der Waals surface area contributed by atoms with Crippen molar-refractivity contribution in [1.29, 1.82) is 0 Å². The number of ether oxygens (including phenoxy) is 1. The lowest BCUT2D eigenvalue weighted by atomic mass is 9.82. The number of amides is 1. The van der Waals surface area contributed by atoms with Gasteiger partial charge in [0.15, 0.2) is 5.65 Å². The van der Waals surface area contributed by atoms with Crippen molar-refractivity contribution in [3.05, 3.63) is 47.8 Å². The van der Waals surface area contributed by atoms with Crippen molar-refractivity contribution >= 4 is 32.7 Å². The van der Waals surface area contributed by atoms with Crippen LogP contribution in [-0.4, -0.2) is 73.4 Å². The molecule has 3 heterocycles. The molecule has 10 nitrogen and oxygen atoms in total. The highest BCUT2D eigenvalue weighted by atomic mass is 32.2. The van der Waals surface area contributed by atoms with Crippen molar-refractivity contribution < 1.29 is 23.1 Å². The minimum absolute atomic E-state index is 0.0244. The number of pyridine rings is 1. The Hall–Kier alpha value is -3.02. The molecule has 204 valence electrons. The molecule has 0 bridgehead atoms. The maximum Gasteiger partial charge on any atom is 0.283 e. The molecule has 2 aliphatic rings. The summed E-state index contributed by atoms with van der Waals surface area (Å²) >= 11 is 0. The molecular weight excluding hydrogens is 506 g/mol. The van der Waals surface area contributed by atoms with Crippen LogP contribution in [0.15, 0.2) is 36.4 Å². The van der Waals surface area contributed by atoms with Gasteiger partial charge in [0.2, 0.25) is 10.0 Å². The number of anilines is 1. The molecular formula is C27H35N5O5S. The highest BCUT2D eigenvalue weighted by Crippen LogP contribution is 2.43. The second kappa shape index (κ2) is 11.4. The van der Waals surface area contributed by atoms with Crippen LogP contribution in [0.2, 0.25) is 0 Å². The van der Waals surface area contributed by atoms with Crippen LogP contribution in [0.1, 0.15) is 60.6 Å². The van der Waals surface area contributed by atoms with Gasteiger partial charge < -0.3 is 14.7 Å². The largest absolute Gasteiger partial charge is 0.396 e. The van der Waals surface area contributed by atoms with Gasteiger partial charge in [0.05, 0.1) is 28.2 Å². The Morgan fingerprint density at radius 2 is 1.89 bits per heavy atom. The summed E-state index contributed by atoms with van der Waals surface area (Å²) in [6.07, 6.45) is 5.23. The Bertz CT molecular complexity index is 1380. The zero-order chi connectivity index (χ0) is 26.7. The molecule has 1 amide bonds. The molecule has 3 aromatic rings. The van der Waals surface area contributed by atoms with Crippen LogP contribution in [0.3, 0.4) is 0 Å². The first-order valence-electron chi connectivity index (χ1n) is 13.3. The summed E-state index contributed by atoms with van der Waals surface area (Å²) in [7, 11) is -2.19. The van der Waals surface area contributed by atoms with Crippen molar-refractivity contribution in [2.75, 3.05) is 44.1 Å². The molecule has 1 saturated carbocycles. The summed E-state index contributed by atoms with van der Waals surface area (Å²) in [5.41, 5.74) is 3.25. The lowest BCUT2D eigenvalue weighted by molar-refractivity contribution is 0.0976. The molecule has 1 saturated heterocycles. The van der Waals surface area contributed by atoms with Crippen LogP contribution in [0.5, 0.6) is 0 Å². The van der Waals surface area contributed by atoms with E-state index in [1.54, 1.807) is 17.9 Å². The summed E-state index contributed by atoms with van der Waals surface area (Å²) in [5, 5.41) is 15.0. The third-order valence-corrected chi connectivity index (χ3v) is 8.87. The summed E-state index contributed by atoms with van der Waals surface area (Å²) in [4.78, 5) is 20.2. The van der Waals surface area contributed by atoms with Crippen molar-refractivity contribution in [2.24, 2.45) is 5.92 Å². The number of fused-ring (bicyclic) bond motifs is 1. The van der Waals surface area contributed by atoms with Crippen molar-refractivity contribution in [2.45, 2.75) is 44.4 Å². The van der Waals surface area contributed by atoms with Crippen molar-refractivity contribution in [1.82, 2.24) is 19.5 Å². The number of hydrogen-bond acceptors (Lipinski definition) is 8. The third kappa shape index (κ3) is 5.55. The topological polar surface area (TPSA) is 127 Å². The molecule has 1 aliphatic carbocycles. The second-order valence-electron chi connectivity index (χ2n) is 10.2. The molecule has 0 radical (unpaired) electrons. The molecule has 1 aromatic carbocycles. The Morgan fingerprint density at radius 1 is 1.16 bits per heavy atom. The number of piperidine rings is 1. The number of carbonyl (C=O) groups is 1. The second-order valence-corrected chi connectivity index (χ2v) is 12.0. The summed E-state index contributed by atoms with van der Waals surface area (Å²) in [6, 6.07) is 11.4. The monoisotopic (exact) mass is 541 g/mol. The average molecular weight is 542 g/mol. The van der Waals surface area contributed by atoms with Crippen LogP contribution in [-0.2, 0) is 14.8 Å². The van der Waals surface area contributed by atoms with Crippen LogP contribution in [0, 0.1) is 5.92 Å². The third-order valence-electron chi connectivity index (χ3n) is 7.55. The van der Waals surface area contributed by atoms with Gasteiger partial charge in [-0.1, -0.05) is 24.6 Å². The zero-order valence-corrected chi connectivity index (χ0v) is 22.5. The number of aliphatic hydroxyl groups excluding tert-OH is 1. The number of hydrogen-bond donors (Lipinski definition) is 2. The minimum atomic E-state index is -3.91. The van der Waals surface area contributed by atoms with Crippen molar-refractivity contribution in [3.8, 4) is 5.69 Å². The molecule has 5 rings (SSSR count). The Morgan fingerprint density at radius 3 is 2.53 bits per heavy atom. The molecule has 2 aromatic heterocycles. The Kier molecular flexibility index (Phi) is 7.96. The fourth-order valence-electron chi connectivity index (χ4n) is 5.28. The summed E-state index contributed by atoms with van der Waals surface area (Å²) < 4.78 is 34.2. The van der Waals surface area contributed by atoms with Gasteiger partial charge in [-0.05, 0) is 56.2 Å². The predicted molar refractivity (Wildman–Crippen MR) is 145 cm³/mol. The SMILES string of the molecule is COCC1CCN(c2cc(C(=O)NS(=O)(=O)CCCO)nc3c2c(C2CCC2)nn3-c2ccccc2)CC1. The zero-order valence-electron chi connectivity index (χ0n) is 21.7. The number of rotatable bonds is 10. The van der Waals surface area contributed by atoms with Gasteiger partial charge in [-0.25, -0.2) is 22.8 Å². The highest BCUT2D eigenvalue weighted by Gasteiger charge is 2.32. The number of carbonyl (C=O) groups excluding carboxylic acids is 1. The Labute approximate surface area is 223 Å². The van der Waals surface area contributed by atoms with E-state index in [0.29, 0.717) is 17.5 Å². The van der Waals surface area contributed by atoms with Crippen LogP contribution in [0.25, 0.3) is 16.7 Å². The molecule has 2 N–H and O–H groups in total. The number of para-hydroxylation sites is 1. The summed E-state index contributed by atoms with van der Waals surface area (Å²) in [6.45, 7) is 2.04. The van der Waals surface area contributed by atoms with Gasteiger partial charge in [-0.2, -0.15) is 5.10 Å². The standard InChI is InChI=1S/C27H35N5O5S/c1-37-18-19-11-13-31(14-12-19)23-17-22(27(34)30-38(35,36)16-6-15-33)28-26-24(23)25(20-7-5-8-20)29-32(26)21-9-3-2-4-10-21/h2-4,9-10,17,19-20,33H,5-8,11-16,18H2,1H3,(H,30,34). The molecule has 2 fully saturated rings. The summed E-state index contributed by atoms with van der Waals surface area (Å²) in [5.74, 6) is -0.324. The number of nitrogens with one attached hydrogen (secondary N) is 1. The van der Waals surface area contributed by atoms with E-state index in [4.69, 9.17) is 19.9 Å². The van der Waals surface area contributed by atoms with E-state index in [9.17, 15) is 13.2 Å². The predicted octanol–water partition coefficient (Wildman–Crippen LogP) is 2.99. The maximum absolute atomic E-state index is 13.2. The average Bonchev–Trinajstić information content (AvgIpc) is 3.26. The number of methoxy groups -OCH3 is 1. The first-order valence-corrected chi connectivity index (χ1v) is 14.9. The van der Waals surface area contributed by atoms with E-state index in [1.165, 1.54) is 0 Å². The normalized spacial score (nSPS) is 17.1. The van der Waals surface area contributed by atoms with Crippen LogP contribution < -0.4 is 9.62 Å². The number of benzene rings is 1. The first kappa shape index (κ1) is 26.6. The van der Waals surface area contributed by atoms with E-state index in [2.05, 4.69) is 9.62 Å². The fourth-order valence-corrected chi connectivity index (χ4v) is 6.28. The van der Waals surface area contributed by atoms with E-state index >= 15 is 0 Å². The Balaban J connectivity index is 1.62. The van der Waals surface area contributed by atoms with E-state index in [0.717, 1.165) is 74.3 Å². The molecule has 38 heavy (non-hydrogen) atoms. The highest BCUT2D eigenvalue weighted by molar-refractivity contribution is 7.90. The quantitative estimate of drug-likeness (QED) is 0.401.